The summed E-state index contributed by atoms with van der Waals surface area (Å²) in [6.45, 7) is 0. The van der Waals surface area contributed by atoms with E-state index in [0.29, 0.717) is 11.1 Å². The van der Waals surface area contributed by atoms with Crippen molar-refractivity contribution in [3.8, 4) is 11.1 Å². The quantitative estimate of drug-likeness (QED) is 0.462. The molecule has 0 aliphatic heterocycles. The van der Waals surface area contributed by atoms with E-state index in [-0.39, 0.29) is 17.1 Å². The number of pyridine rings is 2. The Morgan fingerprint density at radius 3 is 2.48 bits per heavy atom. The Bertz CT molecular complexity index is 1290. The molecule has 0 saturated heterocycles. The molecular formula is C23H17FN4O. The second kappa shape index (κ2) is 7.52. The predicted molar refractivity (Wildman–Crippen MR) is 113 cm³/mol. The molecule has 4 aromatic rings. The van der Waals surface area contributed by atoms with Gasteiger partial charge in [0.2, 0.25) is 5.56 Å². The van der Waals surface area contributed by atoms with Gasteiger partial charge in [-0.2, -0.15) is 0 Å². The molecule has 0 unspecified atom stereocenters. The first kappa shape index (κ1) is 18.3. The smallest absolute Gasteiger partial charge is 0.247 e. The fourth-order valence-electron chi connectivity index (χ4n) is 3.24. The van der Waals surface area contributed by atoms with Crippen molar-refractivity contribution in [1.82, 2.24) is 9.97 Å². The maximum absolute atomic E-state index is 13.2. The van der Waals surface area contributed by atoms with Crippen LogP contribution in [0.2, 0.25) is 0 Å². The summed E-state index contributed by atoms with van der Waals surface area (Å²) in [7, 11) is 0. The van der Waals surface area contributed by atoms with Crippen LogP contribution in [0.5, 0.6) is 0 Å². The summed E-state index contributed by atoms with van der Waals surface area (Å²) in [5, 5.41) is 9.38. The van der Waals surface area contributed by atoms with Gasteiger partial charge in [0.15, 0.2) is 0 Å². The molecule has 6 heteroatoms. The molecule has 0 spiro atoms. The van der Waals surface area contributed by atoms with E-state index in [2.05, 4.69) is 9.97 Å². The molecule has 142 valence electrons. The number of rotatable bonds is 4. The molecule has 4 N–H and O–H groups in total. The molecule has 0 saturated carbocycles. The van der Waals surface area contributed by atoms with E-state index in [1.54, 1.807) is 30.6 Å². The van der Waals surface area contributed by atoms with E-state index in [4.69, 9.17) is 11.1 Å². The summed E-state index contributed by atoms with van der Waals surface area (Å²) in [6.07, 6.45) is 4.75. The van der Waals surface area contributed by atoms with E-state index in [0.717, 1.165) is 27.6 Å². The molecule has 2 heterocycles. The predicted octanol–water partition coefficient (Wildman–Crippen LogP) is 4.10. The van der Waals surface area contributed by atoms with Crippen molar-refractivity contribution in [3.63, 3.8) is 0 Å². The summed E-state index contributed by atoms with van der Waals surface area (Å²) < 4.78 is 13.2. The van der Waals surface area contributed by atoms with E-state index in [9.17, 15) is 9.18 Å². The number of nitrogens with one attached hydrogen (secondary N) is 2. The van der Waals surface area contributed by atoms with Gasteiger partial charge < -0.3 is 10.7 Å². The first-order valence-electron chi connectivity index (χ1n) is 8.92. The molecule has 5 nitrogen and oxygen atoms in total. The van der Waals surface area contributed by atoms with Crippen molar-refractivity contribution in [2.24, 2.45) is 5.73 Å². The first-order valence-corrected chi connectivity index (χ1v) is 8.92. The molecule has 0 aliphatic rings. The number of hydrogen-bond donors (Lipinski definition) is 3. The number of hydrogen-bond acceptors (Lipinski definition) is 4. The number of nitrogens with zero attached hydrogens (tertiary/aromatic N) is 1. The summed E-state index contributed by atoms with van der Waals surface area (Å²) in [6, 6.07) is 16.5. The zero-order chi connectivity index (χ0) is 20.4. The highest BCUT2D eigenvalue weighted by Gasteiger charge is 2.13. The van der Waals surface area contributed by atoms with Crippen molar-refractivity contribution < 1.29 is 4.39 Å². The van der Waals surface area contributed by atoms with E-state index in [1.165, 1.54) is 24.4 Å². The molecule has 0 fully saturated rings. The summed E-state index contributed by atoms with van der Waals surface area (Å²) >= 11 is 0. The maximum atomic E-state index is 13.2. The van der Waals surface area contributed by atoms with Crippen LogP contribution < -0.4 is 11.3 Å². The van der Waals surface area contributed by atoms with Crippen LogP contribution in [0.25, 0.3) is 27.6 Å². The average Bonchev–Trinajstić information content (AvgIpc) is 2.75. The lowest BCUT2D eigenvalue weighted by Gasteiger charge is -2.12. The largest absolute Gasteiger partial charge is 0.404 e. The summed E-state index contributed by atoms with van der Waals surface area (Å²) in [5.74, 6) is -0.359. The van der Waals surface area contributed by atoms with Crippen molar-refractivity contribution in [3.05, 3.63) is 107 Å². The van der Waals surface area contributed by atoms with Crippen LogP contribution in [0.4, 0.5) is 4.39 Å². The molecule has 29 heavy (non-hydrogen) atoms. The van der Waals surface area contributed by atoms with E-state index >= 15 is 0 Å². The van der Waals surface area contributed by atoms with Gasteiger partial charge in [0.25, 0.3) is 0 Å². The number of aromatic nitrogens is 2. The Morgan fingerprint density at radius 1 is 1.03 bits per heavy atom. The van der Waals surface area contributed by atoms with Crippen LogP contribution >= 0.6 is 0 Å². The SMILES string of the molecule is N=C(/C(=C\N)c1ccc2nccc(-c3ccc(=O)[nH]c3)c2c1)c1ccc(F)cc1. The number of benzene rings is 2. The van der Waals surface area contributed by atoms with Gasteiger partial charge >= 0.3 is 0 Å². The Morgan fingerprint density at radius 2 is 1.79 bits per heavy atom. The highest BCUT2D eigenvalue weighted by atomic mass is 19.1. The van der Waals surface area contributed by atoms with Crippen molar-refractivity contribution in [2.45, 2.75) is 0 Å². The summed E-state index contributed by atoms with van der Waals surface area (Å²) in [4.78, 5) is 18.5. The van der Waals surface area contributed by atoms with Crippen LogP contribution in [0.3, 0.4) is 0 Å². The molecule has 0 amide bonds. The Labute approximate surface area is 165 Å². The second-order valence-electron chi connectivity index (χ2n) is 6.49. The number of H-pyrrole nitrogens is 1. The van der Waals surface area contributed by atoms with E-state index in [1.807, 2.05) is 24.3 Å². The van der Waals surface area contributed by atoms with Gasteiger partial charge in [-0.3, -0.25) is 15.2 Å². The molecule has 2 aromatic heterocycles. The molecular weight excluding hydrogens is 367 g/mol. The van der Waals surface area contributed by atoms with Crippen LogP contribution in [-0.2, 0) is 0 Å². The van der Waals surface area contributed by atoms with Crippen LogP contribution in [0.1, 0.15) is 11.1 Å². The van der Waals surface area contributed by atoms with Crippen LogP contribution in [-0.4, -0.2) is 15.7 Å². The highest BCUT2D eigenvalue weighted by Crippen LogP contribution is 2.30. The molecule has 0 radical (unpaired) electrons. The van der Waals surface area contributed by atoms with Crippen molar-refractivity contribution in [1.29, 1.82) is 5.41 Å². The fourth-order valence-corrected chi connectivity index (χ4v) is 3.24. The highest BCUT2D eigenvalue weighted by molar-refractivity contribution is 6.30. The molecule has 4 rings (SSSR count). The zero-order valence-corrected chi connectivity index (χ0v) is 15.3. The lowest BCUT2D eigenvalue weighted by molar-refractivity contribution is 0.628. The Kier molecular flexibility index (Phi) is 4.75. The van der Waals surface area contributed by atoms with Gasteiger partial charge in [0.1, 0.15) is 5.82 Å². The van der Waals surface area contributed by atoms with Gasteiger partial charge in [0, 0.05) is 41.2 Å². The number of nitrogens with two attached hydrogens (primary N) is 1. The Balaban J connectivity index is 1.82. The van der Waals surface area contributed by atoms with Gasteiger partial charge in [0.05, 0.1) is 11.2 Å². The number of allylic oxidation sites excluding steroid dienone is 1. The van der Waals surface area contributed by atoms with Crippen LogP contribution in [0, 0.1) is 11.2 Å². The minimum absolute atomic E-state index is 0.172. The van der Waals surface area contributed by atoms with Gasteiger partial charge in [-0.05, 0) is 65.2 Å². The number of fused-ring (bicyclic) bond motifs is 1. The third-order valence-electron chi connectivity index (χ3n) is 4.72. The average molecular weight is 384 g/mol. The number of aromatic amines is 1. The fraction of sp³-hybridized carbons (Fsp3) is 0. The topological polar surface area (TPSA) is 95.6 Å². The normalized spacial score (nSPS) is 11.6. The lowest BCUT2D eigenvalue weighted by Crippen LogP contribution is -2.05. The number of halogens is 1. The lowest BCUT2D eigenvalue weighted by atomic mass is 9.94. The first-order chi connectivity index (χ1) is 14.1. The standard InChI is InChI=1S/C23H17FN4O/c24-17-5-1-14(2-6-17)23(26)20(12-25)15-3-7-21-19(11-15)18(9-10-27-21)16-4-8-22(29)28-13-16/h1-13,26H,25H2,(H,28,29)/b20-12-,26-23?. The molecule has 0 aliphatic carbocycles. The Hall–Kier alpha value is -4.06. The second-order valence-corrected chi connectivity index (χ2v) is 6.49. The molecule has 2 aromatic carbocycles. The van der Waals surface area contributed by atoms with Crippen molar-refractivity contribution >= 4 is 22.2 Å². The van der Waals surface area contributed by atoms with Gasteiger partial charge in [-0.25, -0.2) is 4.39 Å². The molecule has 0 bridgehead atoms. The maximum Gasteiger partial charge on any atom is 0.247 e. The third-order valence-corrected chi connectivity index (χ3v) is 4.72. The zero-order valence-electron chi connectivity index (χ0n) is 15.3. The summed E-state index contributed by atoms with van der Waals surface area (Å²) in [5.41, 5.74) is 10.2. The molecule has 0 atom stereocenters. The minimum Gasteiger partial charge on any atom is -0.404 e. The monoisotopic (exact) mass is 384 g/mol. The third kappa shape index (κ3) is 3.55. The van der Waals surface area contributed by atoms with Crippen LogP contribution in [0.15, 0.2) is 84.1 Å². The van der Waals surface area contributed by atoms with Crippen molar-refractivity contribution in [2.75, 3.05) is 0 Å². The van der Waals surface area contributed by atoms with E-state index < -0.39 is 0 Å². The van der Waals surface area contributed by atoms with Gasteiger partial charge in [-0.1, -0.05) is 6.07 Å². The minimum atomic E-state index is -0.359. The van der Waals surface area contributed by atoms with Gasteiger partial charge in [-0.15, -0.1) is 0 Å².